The molecule has 1 aromatic rings. The van der Waals surface area contributed by atoms with Crippen LogP contribution < -0.4 is 10.1 Å². The SMILES string of the molecule is c1cc(CNC2CC2)cc(OCCC2CCC2)n1. The molecule has 98 valence electrons. The van der Waals surface area contributed by atoms with Gasteiger partial charge in [0.25, 0.3) is 0 Å². The third-order valence-electron chi connectivity index (χ3n) is 3.97. The fraction of sp³-hybridized carbons (Fsp3) is 0.667. The maximum absolute atomic E-state index is 5.74. The van der Waals surface area contributed by atoms with Crippen molar-refractivity contribution in [3.63, 3.8) is 0 Å². The van der Waals surface area contributed by atoms with Crippen molar-refractivity contribution in [2.24, 2.45) is 5.92 Å². The lowest BCUT2D eigenvalue weighted by molar-refractivity contribution is 0.217. The van der Waals surface area contributed by atoms with Gasteiger partial charge in [0, 0.05) is 24.8 Å². The molecule has 0 saturated heterocycles. The molecular formula is C15H22N2O. The first-order valence-corrected chi connectivity index (χ1v) is 7.21. The molecule has 0 unspecified atom stereocenters. The fourth-order valence-corrected chi connectivity index (χ4v) is 2.30. The summed E-state index contributed by atoms with van der Waals surface area (Å²) in [5, 5.41) is 3.51. The maximum Gasteiger partial charge on any atom is 0.213 e. The van der Waals surface area contributed by atoms with E-state index >= 15 is 0 Å². The van der Waals surface area contributed by atoms with Crippen LogP contribution in [-0.4, -0.2) is 17.6 Å². The second-order valence-corrected chi connectivity index (χ2v) is 5.59. The van der Waals surface area contributed by atoms with Crippen molar-refractivity contribution in [3.8, 4) is 5.88 Å². The Kier molecular flexibility index (Phi) is 3.79. The first-order valence-electron chi connectivity index (χ1n) is 7.21. The molecule has 0 bridgehead atoms. The van der Waals surface area contributed by atoms with E-state index in [9.17, 15) is 0 Å². The summed E-state index contributed by atoms with van der Waals surface area (Å²) >= 11 is 0. The molecule has 0 spiro atoms. The third kappa shape index (κ3) is 3.45. The molecule has 2 aliphatic carbocycles. The Morgan fingerprint density at radius 3 is 2.89 bits per heavy atom. The molecule has 2 saturated carbocycles. The van der Waals surface area contributed by atoms with E-state index in [1.807, 2.05) is 6.20 Å². The summed E-state index contributed by atoms with van der Waals surface area (Å²) in [5.74, 6) is 1.69. The van der Waals surface area contributed by atoms with E-state index in [1.54, 1.807) is 0 Å². The van der Waals surface area contributed by atoms with E-state index in [0.717, 1.165) is 31.0 Å². The van der Waals surface area contributed by atoms with Gasteiger partial charge in [0.05, 0.1) is 6.61 Å². The fourth-order valence-electron chi connectivity index (χ4n) is 2.30. The number of ether oxygens (including phenoxy) is 1. The molecule has 1 N–H and O–H groups in total. The molecule has 0 aromatic carbocycles. The Bertz CT molecular complexity index is 386. The number of aromatic nitrogens is 1. The first kappa shape index (κ1) is 12.0. The van der Waals surface area contributed by atoms with Crippen molar-refractivity contribution in [1.29, 1.82) is 0 Å². The van der Waals surface area contributed by atoms with Crippen molar-refractivity contribution in [2.75, 3.05) is 6.61 Å². The molecule has 2 fully saturated rings. The summed E-state index contributed by atoms with van der Waals surface area (Å²) in [6.45, 7) is 1.75. The second-order valence-electron chi connectivity index (χ2n) is 5.59. The van der Waals surface area contributed by atoms with Crippen molar-refractivity contribution in [1.82, 2.24) is 10.3 Å². The van der Waals surface area contributed by atoms with Crippen LogP contribution in [0.2, 0.25) is 0 Å². The summed E-state index contributed by atoms with van der Waals surface area (Å²) in [5.41, 5.74) is 1.27. The largest absolute Gasteiger partial charge is 0.478 e. The van der Waals surface area contributed by atoms with Gasteiger partial charge < -0.3 is 10.1 Å². The lowest BCUT2D eigenvalue weighted by Gasteiger charge is -2.24. The van der Waals surface area contributed by atoms with Crippen LogP contribution in [0.15, 0.2) is 18.3 Å². The summed E-state index contributed by atoms with van der Waals surface area (Å²) in [4.78, 5) is 4.27. The smallest absolute Gasteiger partial charge is 0.213 e. The topological polar surface area (TPSA) is 34.1 Å². The first-order chi connectivity index (χ1) is 8.90. The molecule has 1 heterocycles. The highest BCUT2D eigenvalue weighted by Gasteiger charge is 2.20. The van der Waals surface area contributed by atoms with E-state index in [-0.39, 0.29) is 0 Å². The van der Waals surface area contributed by atoms with Gasteiger partial charge in [0.15, 0.2) is 0 Å². The molecule has 0 amide bonds. The minimum Gasteiger partial charge on any atom is -0.478 e. The molecule has 0 atom stereocenters. The van der Waals surface area contributed by atoms with Crippen molar-refractivity contribution >= 4 is 0 Å². The minimum absolute atomic E-state index is 0.751. The lowest BCUT2D eigenvalue weighted by Crippen LogP contribution is -2.16. The molecule has 0 aliphatic heterocycles. The molecule has 3 rings (SSSR count). The van der Waals surface area contributed by atoms with Gasteiger partial charge in [-0.05, 0) is 36.8 Å². The van der Waals surface area contributed by atoms with E-state index in [4.69, 9.17) is 4.74 Å². The zero-order valence-electron chi connectivity index (χ0n) is 10.9. The van der Waals surface area contributed by atoms with Crippen molar-refractivity contribution in [3.05, 3.63) is 23.9 Å². The molecule has 18 heavy (non-hydrogen) atoms. The summed E-state index contributed by atoms with van der Waals surface area (Å²) in [7, 11) is 0. The maximum atomic E-state index is 5.74. The van der Waals surface area contributed by atoms with Crippen LogP contribution in [-0.2, 0) is 6.54 Å². The van der Waals surface area contributed by atoms with Crippen LogP contribution in [0.5, 0.6) is 5.88 Å². The van der Waals surface area contributed by atoms with Gasteiger partial charge in [0.1, 0.15) is 0 Å². The lowest BCUT2D eigenvalue weighted by atomic mass is 9.83. The van der Waals surface area contributed by atoms with Gasteiger partial charge in [-0.25, -0.2) is 4.98 Å². The molecule has 2 aliphatic rings. The number of pyridine rings is 1. The van der Waals surface area contributed by atoms with E-state index in [0.29, 0.717) is 0 Å². The van der Waals surface area contributed by atoms with Gasteiger partial charge in [-0.1, -0.05) is 19.3 Å². The van der Waals surface area contributed by atoms with Crippen LogP contribution in [0.3, 0.4) is 0 Å². The summed E-state index contributed by atoms with van der Waals surface area (Å²) < 4.78 is 5.74. The number of hydrogen-bond donors (Lipinski definition) is 1. The monoisotopic (exact) mass is 246 g/mol. The van der Waals surface area contributed by atoms with Crippen LogP contribution in [0.1, 0.15) is 44.1 Å². The molecular weight excluding hydrogens is 224 g/mol. The molecule has 1 aromatic heterocycles. The average molecular weight is 246 g/mol. The van der Waals surface area contributed by atoms with Gasteiger partial charge >= 0.3 is 0 Å². The summed E-state index contributed by atoms with van der Waals surface area (Å²) in [6, 6.07) is 4.88. The average Bonchev–Trinajstić information content (AvgIpc) is 3.14. The zero-order chi connectivity index (χ0) is 12.2. The van der Waals surface area contributed by atoms with Crippen LogP contribution in [0.4, 0.5) is 0 Å². The van der Waals surface area contributed by atoms with Crippen molar-refractivity contribution in [2.45, 2.75) is 51.1 Å². The number of nitrogens with one attached hydrogen (secondary N) is 1. The molecule has 3 nitrogen and oxygen atoms in total. The Morgan fingerprint density at radius 2 is 2.17 bits per heavy atom. The highest BCUT2D eigenvalue weighted by atomic mass is 16.5. The van der Waals surface area contributed by atoms with Crippen LogP contribution >= 0.6 is 0 Å². The Hall–Kier alpha value is -1.09. The quantitative estimate of drug-likeness (QED) is 0.803. The zero-order valence-corrected chi connectivity index (χ0v) is 10.9. The minimum atomic E-state index is 0.751. The Balaban J connectivity index is 1.43. The van der Waals surface area contributed by atoms with Gasteiger partial charge in [0.2, 0.25) is 5.88 Å². The highest BCUT2D eigenvalue weighted by molar-refractivity contribution is 5.20. The molecule has 0 radical (unpaired) electrons. The van der Waals surface area contributed by atoms with E-state index < -0.39 is 0 Å². The third-order valence-corrected chi connectivity index (χ3v) is 3.97. The number of nitrogens with zero attached hydrogens (tertiary/aromatic N) is 1. The number of rotatable bonds is 7. The van der Waals surface area contributed by atoms with Crippen LogP contribution in [0.25, 0.3) is 0 Å². The normalized spacial score (nSPS) is 19.6. The predicted molar refractivity (Wildman–Crippen MR) is 71.6 cm³/mol. The Morgan fingerprint density at radius 1 is 1.28 bits per heavy atom. The van der Waals surface area contributed by atoms with Crippen LogP contribution in [0, 0.1) is 5.92 Å². The van der Waals surface area contributed by atoms with E-state index in [1.165, 1.54) is 44.1 Å². The number of hydrogen-bond acceptors (Lipinski definition) is 3. The Labute approximate surface area is 109 Å². The second kappa shape index (κ2) is 5.70. The predicted octanol–water partition coefficient (Wildman–Crippen LogP) is 2.90. The highest BCUT2D eigenvalue weighted by Crippen LogP contribution is 2.29. The standard InChI is InChI=1S/C15H22N2O/c1-2-12(3-1)7-9-18-15-10-13(6-8-16-15)11-17-14-4-5-14/h6,8,10,12,14,17H,1-5,7,9,11H2. The molecule has 3 heteroatoms. The van der Waals surface area contributed by atoms with Gasteiger partial charge in [-0.2, -0.15) is 0 Å². The van der Waals surface area contributed by atoms with Crippen molar-refractivity contribution < 1.29 is 4.74 Å². The summed E-state index contributed by atoms with van der Waals surface area (Å²) in [6.07, 6.45) is 9.88. The van der Waals surface area contributed by atoms with Gasteiger partial charge in [-0.15, -0.1) is 0 Å². The van der Waals surface area contributed by atoms with Gasteiger partial charge in [-0.3, -0.25) is 0 Å². The van der Waals surface area contributed by atoms with E-state index in [2.05, 4.69) is 22.4 Å².